The van der Waals surface area contributed by atoms with Crippen LogP contribution in [0.3, 0.4) is 0 Å². The smallest absolute Gasteiger partial charge is 0.407 e. The number of carbonyl (C=O) groups is 1. The molecule has 2 N–H and O–H groups in total. The summed E-state index contributed by atoms with van der Waals surface area (Å²) in [5.74, 6) is -2.48. The fourth-order valence-corrected chi connectivity index (χ4v) is 1.34. The second-order valence-electron chi connectivity index (χ2n) is 2.92. The number of rotatable bonds is 1. The van der Waals surface area contributed by atoms with Crippen LogP contribution in [-0.2, 0) is 4.74 Å². The number of halogens is 2. The van der Waals surface area contributed by atoms with Gasteiger partial charge in [-0.15, -0.1) is 0 Å². The summed E-state index contributed by atoms with van der Waals surface area (Å²) in [4.78, 5) is 10.2. The maximum absolute atomic E-state index is 13.3. The molecule has 1 fully saturated rings. The van der Waals surface area contributed by atoms with Crippen molar-refractivity contribution in [1.82, 2.24) is 0 Å². The average molecular weight is 179 g/mol. The van der Waals surface area contributed by atoms with E-state index in [9.17, 15) is 13.6 Å². The number of ether oxygens (including phenoxy) is 1. The molecule has 70 valence electrons. The second kappa shape index (κ2) is 3.25. The highest BCUT2D eigenvalue weighted by Crippen LogP contribution is 2.35. The summed E-state index contributed by atoms with van der Waals surface area (Å²) < 4.78 is 30.3. The lowest BCUT2D eigenvalue weighted by Crippen LogP contribution is -2.43. The van der Waals surface area contributed by atoms with Gasteiger partial charge >= 0.3 is 6.09 Å². The largest absolute Gasteiger partial charge is 0.409 e. The van der Waals surface area contributed by atoms with Crippen molar-refractivity contribution in [3.63, 3.8) is 0 Å². The first-order chi connectivity index (χ1) is 5.54. The highest BCUT2D eigenvalue weighted by molar-refractivity contribution is 5.65. The molecule has 0 heterocycles. The SMILES string of the molecule is NC(=O)OC1(F)CCCCC1F. The number of hydrogen-bond donors (Lipinski definition) is 1. The molecule has 1 aliphatic carbocycles. The fraction of sp³-hybridized carbons (Fsp3) is 0.857. The van der Waals surface area contributed by atoms with Crippen molar-refractivity contribution < 1.29 is 18.3 Å². The Kier molecular flexibility index (Phi) is 2.49. The van der Waals surface area contributed by atoms with E-state index in [1.165, 1.54) is 0 Å². The Hall–Kier alpha value is -0.870. The first kappa shape index (κ1) is 9.22. The molecule has 1 aliphatic rings. The zero-order chi connectivity index (χ0) is 9.19. The summed E-state index contributed by atoms with van der Waals surface area (Å²) in [6.45, 7) is 0. The van der Waals surface area contributed by atoms with E-state index in [0.29, 0.717) is 12.8 Å². The molecule has 1 amide bonds. The molecule has 0 aromatic heterocycles. The number of alkyl halides is 2. The van der Waals surface area contributed by atoms with Crippen LogP contribution in [0.5, 0.6) is 0 Å². The normalized spacial score (nSPS) is 36.0. The van der Waals surface area contributed by atoms with Gasteiger partial charge in [-0.25, -0.2) is 9.18 Å². The number of amides is 1. The summed E-state index contributed by atoms with van der Waals surface area (Å²) in [6.07, 6.45) is -1.87. The summed E-state index contributed by atoms with van der Waals surface area (Å²) in [6, 6.07) is 0. The minimum atomic E-state index is -2.48. The Morgan fingerprint density at radius 2 is 2.25 bits per heavy atom. The van der Waals surface area contributed by atoms with E-state index >= 15 is 0 Å². The standard InChI is InChI=1S/C7H11F2NO2/c8-5-3-1-2-4-7(5,9)12-6(10)11/h5H,1-4H2,(H2,10,11). The molecular weight excluding hydrogens is 168 g/mol. The maximum atomic E-state index is 13.3. The van der Waals surface area contributed by atoms with E-state index in [1.807, 2.05) is 0 Å². The monoisotopic (exact) mass is 179 g/mol. The molecule has 0 saturated heterocycles. The first-order valence-electron chi connectivity index (χ1n) is 3.86. The second-order valence-corrected chi connectivity index (χ2v) is 2.92. The molecule has 1 rings (SSSR count). The van der Waals surface area contributed by atoms with Crippen LogP contribution >= 0.6 is 0 Å². The van der Waals surface area contributed by atoms with E-state index in [-0.39, 0.29) is 12.8 Å². The van der Waals surface area contributed by atoms with Gasteiger partial charge in [0.25, 0.3) is 5.85 Å². The summed E-state index contributed by atoms with van der Waals surface area (Å²) in [5.41, 5.74) is 4.60. The third-order valence-corrected chi connectivity index (χ3v) is 1.96. The first-order valence-corrected chi connectivity index (χ1v) is 3.86. The molecular formula is C7H11F2NO2. The molecule has 0 bridgehead atoms. The van der Waals surface area contributed by atoms with Gasteiger partial charge in [0.2, 0.25) is 0 Å². The van der Waals surface area contributed by atoms with Crippen LogP contribution in [0.15, 0.2) is 0 Å². The van der Waals surface area contributed by atoms with Gasteiger partial charge in [-0.3, -0.25) is 0 Å². The van der Waals surface area contributed by atoms with Crippen LogP contribution < -0.4 is 5.73 Å². The van der Waals surface area contributed by atoms with Gasteiger partial charge < -0.3 is 10.5 Å². The average Bonchev–Trinajstić information content (AvgIpc) is 1.94. The van der Waals surface area contributed by atoms with Gasteiger partial charge in [0.1, 0.15) is 0 Å². The van der Waals surface area contributed by atoms with Crippen LogP contribution in [-0.4, -0.2) is 18.1 Å². The van der Waals surface area contributed by atoms with E-state index in [1.54, 1.807) is 0 Å². The number of carbonyl (C=O) groups excluding carboxylic acids is 1. The fourth-order valence-electron chi connectivity index (χ4n) is 1.34. The molecule has 2 unspecified atom stereocenters. The summed E-state index contributed by atoms with van der Waals surface area (Å²) >= 11 is 0. The molecule has 1 saturated carbocycles. The maximum Gasteiger partial charge on any atom is 0.407 e. The Labute approximate surface area is 68.9 Å². The Morgan fingerprint density at radius 3 is 2.75 bits per heavy atom. The number of primary amides is 1. The molecule has 0 aromatic rings. The summed E-state index contributed by atoms with van der Waals surface area (Å²) in [7, 11) is 0. The number of nitrogens with two attached hydrogens (primary N) is 1. The van der Waals surface area contributed by atoms with E-state index < -0.39 is 18.1 Å². The van der Waals surface area contributed by atoms with Crippen molar-refractivity contribution in [2.75, 3.05) is 0 Å². The predicted octanol–water partition coefficient (Wildman–Crippen LogP) is 1.66. The molecule has 5 heteroatoms. The van der Waals surface area contributed by atoms with Crippen molar-refractivity contribution >= 4 is 6.09 Å². The minimum Gasteiger partial charge on any atom is -0.409 e. The Bertz CT molecular complexity index is 188. The molecule has 0 aliphatic heterocycles. The van der Waals surface area contributed by atoms with Gasteiger partial charge in [-0.1, -0.05) is 6.42 Å². The summed E-state index contributed by atoms with van der Waals surface area (Å²) in [5, 5.41) is 0. The Morgan fingerprint density at radius 1 is 1.58 bits per heavy atom. The van der Waals surface area contributed by atoms with Crippen molar-refractivity contribution in [2.45, 2.75) is 37.7 Å². The quantitative estimate of drug-likeness (QED) is 0.665. The van der Waals surface area contributed by atoms with Crippen LogP contribution in [0.25, 0.3) is 0 Å². The van der Waals surface area contributed by atoms with Gasteiger partial charge in [0, 0.05) is 6.42 Å². The third-order valence-electron chi connectivity index (χ3n) is 1.96. The highest BCUT2D eigenvalue weighted by Gasteiger charge is 2.45. The lowest BCUT2D eigenvalue weighted by molar-refractivity contribution is -0.162. The lowest BCUT2D eigenvalue weighted by Gasteiger charge is -2.31. The molecule has 3 nitrogen and oxygen atoms in total. The van der Waals surface area contributed by atoms with Gasteiger partial charge in [-0.05, 0) is 12.8 Å². The van der Waals surface area contributed by atoms with Gasteiger partial charge in [-0.2, -0.15) is 4.39 Å². The Balaban J connectivity index is 2.59. The minimum absolute atomic E-state index is 0.0871. The third kappa shape index (κ3) is 1.84. The molecule has 2 atom stereocenters. The zero-order valence-corrected chi connectivity index (χ0v) is 6.56. The number of hydrogen-bond acceptors (Lipinski definition) is 2. The van der Waals surface area contributed by atoms with Crippen molar-refractivity contribution in [2.24, 2.45) is 5.73 Å². The van der Waals surface area contributed by atoms with E-state index in [2.05, 4.69) is 10.5 Å². The van der Waals surface area contributed by atoms with Gasteiger partial charge in [0.05, 0.1) is 0 Å². The predicted molar refractivity (Wildman–Crippen MR) is 37.9 cm³/mol. The zero-order valence-electron chi connectivity index (χ0n) is 6.56. The van der Waals surface area contributed by atoms with Crippen molar-refractivity contribution in [1.29, 1.82) is 0 Å². The van der Waals surface area contributed by atoms with Crippen LogP contribution in [0.4, 0.5) is 13.6 Å². The van der Waals surface area contributed by atoms with E-state index in [0.717, 1.165) is 0 Å². The molecule has 0 aromatic carbocycles. The molecule has 0 radical (unpaired) electrons. The lowest BCUT2D eigenvalue weighted by atomic mass is 9.94. The van der Waals surface area contributed by atoms with Crippen LogP contribution in [0.1, 0.15) is 25.7 Å². The van der Waals surface area contributed by atoms with Gasteiger partial charge in [0.15, 0.2) is 6.17 Å². The topological polar surface area (TPSA) is 52.3 Å². The van der Waals surface area contributed by atoms with Crippen LogP contribution in [0, 0.1) is 0 Å². The van der Waals surface area contributed by atoms with Crippen molar-refractivity contribution in [3.8, 4) is 0 Å². The van der Waals surface area contributed by atoms with Crippen molar-refractivity contribution in [3.05, 3.63) is 0 Å². The van der Waals surface area contributed by atoms with E-state index in [4.69, 9.17) is 0 Å². The molecule has 0 spiro atoms. The molecule has 12 heavy (non-hydrogen) atoms. The highest BCUT2D eigenvalue weighted by atomic mass is 19.2. The van der Waals surface area contributed by atoms with Crippen LogP contribution in [0.2, 0.25) is 0 Å².